The van der Waals surface area contributed by atoms with Crippen LogP contribution >= 0.6 is 11.9 Å². The molecule has 1 aliphatic carbocycles. The molecule has 0 spiro atoms. The second kappa shape index (κ2) is 9.57. The highest BCUT2D eigenvalue weighted by molar-refractivity contribution is 8.00. The Bertz CT molecular complexity index is 1080. The third-order valence-corrected chi connectivity index (χ3v) is 6.89. The van der Waals surface area contributed by atoms with Crippen LogP contribution < -0.4 is 10.0 Å². The summed E-state index contributed by atoms with van der Waals surface area (Å²) in [5.41, 5.74) is 4.14. The topological polar surface area (TPSA) is 59.0 Å². The largest absolute Gasteiger partial charge is 0.327 e. The Kier molecular flexibility index (Phi) is 6.79. The highest BCUT2D eigenvalue weighted by Gasteiger charge is 2.25. The third-order valence-electron chi connectivity index (χ3n) is 6.05. The smallest absolute Gasteiger partial charge is 0.221 e. The zero-order valence-electron chi connectivity index (χ0n) is 19.6. The zero-order chi connectivity index (χ0) is 22.7. The van der Waals surface area contributed by atoms with Crippen molar-refractivity contribution in [3.63, 3.8) is 0 Å². The molecule has 2 aromatic carbocycles. The van der Waals surface area contributed by atoms with Gasteiger partial charge in [0.1, 0.15) is 5.82 Å². The van der Waals surface area contributed by atoms with Gasteiger partial charge in [0.05, 0.1) is 11.0 Å². The maximum atomic E-state index is 11.2. The molecule has 0 unspecified atom stereocenters. The lowest BCUT2D eigenvalue weighted by atomic mass is 9.88. The van der Waals surface area contributed by atoms with Crippen molar-refractivity contribution >= 4 is 40.3 Å². The average Bonchev–Trinajstić information content (AvgIpc) is 3.12. The van der Waals surface area contributed by atoms with Crippen LogP contribution in [0.3, 0.4) is 0 Å². The number of anilines is 2. The standard InChI is InChI=1S/C26H34N4OS/c1-18(31)27-20-10-13-22(14-11-20)32-29-21-12-15-24-23(16-21)28-25(26(2,3)4)30(24)17-19-8-6-5-7-9-19/h10-16,19,29H,5-9,17H2,1-4H3,(H,27,31). The SMILES string of the molecule is CC(=O)Nc1ccc(SNc2ccc3c(c2)nc(C(C)(C)C)n3CC2CCCCC2)cc1. The molecule has 2 N–H and O–H groups in total. The van der Waals surface area contributed by atoms with Crippen molar-refractivity contribution in [2.45, 2.75) is 76.7 Å². The first-order valence-corrected chi connectivity index (χ1v) is 12.4. The van der Waals surface area contributed by atoms with E-state index in [1.807, 2.05) is 24.3 Å². The van der Waals surface area contributed by atoms with Crippen molar-refractivity contribution in [2.75, 3.05) is 10.0 Å². The van der Waals surface area contributed by atoms with E-state index in [9.17, 15) is 4.79 Å². The molecule has 1 heterocycles. The van der Waals surface area contributed by atoms with Crippen LogP contribution in [-0.2, 0) is 16.8 Å². The van der Waals surface area contributed by atoms with Crippen LogP contribution in [0.1, 0.15) is 65.6 Å². The summed E-state index contributed by atoms with van der Waals surface area (Å²) in [4.78, 5) is 17.3. The Labute approximate surface area is 195 Å². The molecule has 170 valence electrons. The summed E-state index contributed by atoms with van der Waals surface area (Å²) in [5.74, 6) is 1.88. The van der Waals surface area contributed by atoms with Gasteiger partial charge < -0.3 is 14.6 Å². The number of fused-ring (bicyclic) bond motifs is 1. The Morgan fingerprint density at radius 2 is 1.75 bits per heavy atom. The summed E-state index contributed by atoms with van der Waals surface area (Å²) in [6.45, 7) is 9.36. The number of imidazole rings is 1. The van der Waals surface area contributed by atoms with Gasteiger partial charge in [-0.1, -0.05) is 40.0 Å². The van der Waals surface area contributed by atoms with Gasteiger partial charge in [0.25, 0.3) is 0 Å². The third kappa shape index (κ3) is 5.47. The van der Waals surface area contributed by atoms with Crippen LogP contribution in [0.15, 0.2) is 47.4 Å². The van der Waals surface area contributed by atoms with E-state index in [1.165, 1.54) is 50.4 Å². The normalized spacial score (nSPS) is 15.1. The van der Waals surface area contributed by atoms with Crippen LogP contribution in [0, 0.1) is 5.92 Å². The minimum absolute atomic E-state index is 0.00564. The molecule has 4 rings (SSSR count). The quantitative estimate of drug-likeness (QED) is 0.397. The molecule has 1 saturated carbocycles. The number of hydrogen-bond donors (Lipinski definition) is 2. The molecule has 0 saturated heterocycles. The molecule has 6 heteroatoms. The lowest BCUT2D eigenvalue weighted by molar-refractivity contribution is -0.114. The van der Waals surface area contributed by atoms with Gasteiger partial charge in [-0.3, -0.25) is 4.79 Å². The summed E-state index contributed by atoms with van der Waals surface area (Å²) >= 11 is 1.56. The molecule has 0 atom stereocenters. The van der Waals surface area contributed by atoms with Crippen molar-refractivity contribution < 1.29 is 4.79 Å². The van der Waals surface area contributed by atoms with Crippen LogP contribution in [0.2, 0.25) is 0 Å². The van der Waals surface area contributed by atoms with Gasteiger partial charge in [-0.25, -0.2) is 4.98 Å². The molecular weight excluding hydrogens is 416 g/mol. The van der Waals surface area contributed by atoms with Gasteiger partial charge in [0.15, 0.2) is 0 Å². The van der Waals surface area contributed by atoms with E-state index in [2.05, 4.69) is 53.6 Å². The highest BCUT2D eigenvalue weighted by Crippen LogP contribution is 2.33. The van der Waals surface area contributed by atoms with Crippen LogP contribution in [0.4, 0.5) is 11.4 Å². The fourth-order valence-electron chi connectivity index (χ4n) is 4.51. The Morgan fingerprint density at radius 1 is 1.06 bits per heavy atom. The fraction of sp³-hybridized carbons (Fsp3) is 0.462. The number of aromatic nitrogens is 2. The molecule has 5 nitrogen and oxygen atoms in total. The maximum absolute atomic E-state index is 11.2. The Hall–Kier alpha value is -2.47. The Balaban J connectivity index is 1.52. The lowest BCUT2D eigenvalue weighted by Crippen LogP contribution is -2.22. The van der Waals surface area contributed by atoms with E-state index >= 15 is 0 Å². The van der Waals surface area contributed by atoms with E-state index in [4.69, 9.17) is 4.98 Å². The number of amides is 1. The first-order valence-electron chi connectivity index (χ1n) is 11.6. The summed E-state index contributed by atoms with van der Waals surface area (Å²) < 4.78 is 5.92. The summed E-state index contributed by atoms with van der Waals surface area (Å²) in [7, 11) is 0. The van der Waals surface area contributed by atoms with Crippen molar-refractivity contribution in [3.05, 3.63) is 48.3 Å². The second-order valence-corrected chi connectivity index (χ2v) is 10.8. The number of hydrogen-bond acceptors (Lipinski definition) is 4. The summed E-state index contributed by atoms with van der Waals surface area (Å²) in [6.07, 6.45) is 6.77. The predicted octanol–water partition coefficient (Wildman–Crippen LogP) is 6.99. The molecule has 1 fully saturated rings. The molecule has 0 aliphatic heterocycles. The van der Waals surface area contributed by atoms with Crippen molar-refractivity contribution in [1.29, 1.82) is 0 Å². The lowest BCUT2D eigenvalue weighted by Gasteiger charge is -2.26. The molecule has 1 aromatic heterocycles. The van der Waals surface area contributed by atoms with Crippen LogP contribution in [0.5, 0.6) is 0 Å². The number of carbonyl (C=O) groups is 1. The second-order valence-electron chi connectivity index (χ2n) is 9.91. The van der Waals surface area contributed by atoms with Gasteiger partial charge in [-0.15, -0.1) is 0 Å². The minimum Gasteiger partial charge on any atom is -0.327 e. The number of benzene rings is 2. The molecular formula is C26H34N4OS. The van der Waals surface area contributed by atoms with E-state index in [0.29, 0.717) is 0 Å². The molecule has 1 amide bonds. The zero-order valence-corrected chi connectivity index (χ0v) is 20.4. The monoisotopic (exact) mass is 450 g/mol. The molecule has 0 bridgehead atoms. The number of nitrogens with one attached hydrogen (secondary N) is 2. The number of nitrogens with zero attached hydrogens (tertiary/aromatic N) is 2. The van der Waals surface area contributed by atoms with Crippen molar-refractivity contribution in [1.82, 2.24) is 9.55 Å². The van der Waals surface area contributed by atoms with Gasteiger partial charge >= 0.3 is 0 Å². The van der Waals surface area contributed by atoms with Gasteiger partial charge in [0, 0.05) is 35.2 Å². The molecule has 32 heavy (non-hydrogen) atoms. The predicted molar refractivity (Wildman–Crippen MR) is 135 cm³/mol. The fourth-order valence-corrected chi connectivity index (χ4v) is 5.14. The number of rotatable bonds is 6. The molecule has 0 radical (unpaired) electrons. The van der Waals surface area contributed by atoms with E-state index in [1.54, 1.807) is 11.9 Å². The highest BCUT2D eigenvalue weighted by atomic mass is 32.2. The number of carbonyl (C=O) groups excluding carboxylic acids is 1. The first kappa shape index (κ1) is 22.7. The average molecular weight is 451 g/mol. The van der Waals surface area contributed by atoms with Crippen LogP contribution in [-0.4, -0.2) is 15.5 Å². The molecule has 3 aromatic rings. The van der Waals surface area contributed by atoms with E-state index < -0.39 is 0 Å². The molecule has 1 aliphatic rings. The van der Waals surface area contributed by atoms with Gasteiger partial charge in [-0.2, -0.15) is 0 Å². The van der Waals surface area contributed by atoms with Gasteiger partial charge in [0.2, 0.25) is 5.91 Å². The van der Waals surface area contributed by atoms with E-state index in [-0.39, 0.29) is 11.3 Å². The van der Waals surface area contributed by atoms with Crippen LogP contribution in [0.25, 0.3) is 11.0 Å². The van der Waals surface area contributed by atoms with Crippen molar-refractivity contribution in [3.8, 4) is 0 Å². The maximum Gasteiger partial charge on any atom is 0.221 e. The van der Waals surface area contributed by atoms with Crippen molar-refractivity contribution in [2.24, 2.45) is 5.92 Å². The Morgan fingerprint density at radius 3 is 2.41 bits per heavy atom. The summed E-state index contributed by atoms with van der Waals surface area (Å²) in [5, 5.41) is 2.80. The van der Waals surface area contributed by atoms with E-state index in [0.717, 1.165) is 34.2 Å². The van der Waals surface area contributed by atoms with Gasteiger partial charge in [-0.05, 0) is 73.2 Å². The summed E-state index contributed by atoms with van der Waals surface area (Å²) in [6, 6.07) is 14.3. The first-order chi connectivity index (χ1) is 15.3. The minimum atomic E-state index is -0.0608.